The summed E-state index contributed by atoms with van der Waals surface area (Å²) in [6.07, 6.45) is 2.03. The first-order valence-corrected chi connectivity index (χ1v) is 12.5. The topological polar surface area (TPSA) is 163 Å². The van der Waals surface area contributed by atoms with Gasteiger partial charge in [0.15, 0.2) is 0 Å². The molecule has 0 fully saturated rings. The number of carbonyl (C=O) groups excluding carboxylic acids is 2. The van der Waals surface area contributed by atoms with Gasteiger partial charge in [-0.05, 0) is 32.8 Å². The monoisotopic (exact) mass is 511 g/mol. The van der Waals surface area contributed by atoms with Gasteiger partial charge in [0.25, 0.3) is 5.69 Å². The third-order valence-corrected chi connectivity index (χ3v) is 6.01. The molecule has 35 heavy (non-hydrogen) atoms. The lowest BCUT2D eigenvalue weighted by molar-refractivity contribution is -0.384. The second-order valence-electron chi connectivity index (χ2n) is 7.82. The quantitative estimate of drug-likeness (QED) is 0.194. The van der Waals surface area contributed by atoms with Crippen LogP contribution in [0.15, 0.2) is 40.7 Å². The van der Waals surface area contributed by atoms with Crippen molar-refractivity contribution in [3.8, 4) is 5.75 Å². The number of allylic oxidation sites excluding steroid dienone is 2. The number of non-ortho nitro benzene ring substituents is 1. The highest BCUT2D eigenvalue weighted by molar-refractivity contribution is 7.88. The predicted molar refractivity (Wildman–Crippen MR) is 126 cm³/mol. The Kier molecular flexibility index (Phi) is 9.37. The number of dihydropyridines is 1. The molecule has 1 aromatic carbocycles. The van der Waals surface area contributed by atoms with Gasteiger partial charge in [0.2, 0.25) is 10.0 Å². The van der Waals surface area contributed by atoms with Gasteiger partial charge in [0.1, 0.15) is 5.75 Å². The zero-order valence-corrected chi connectivity index (χ0v) is 21.0. The number of esters is 2. The molecular formula is C22H29N3O9S. The molecule has 0 saturated carbocycles. The lowest BCUT2D eigenvalue weighted by Gasteiger charge is -2.30. The van der Waals surface area contributed by atoms with Crippen molar-refractivity contribution in [3.63, 3.8) is 0 Å². The number of sulfonamides is 1. The minimum atomic E-state index is -3.30. The van der Waals surface area contributed by atoms with Crippen molar-refractivity contribution in [1.82, 2.24) is 10.0 Å². The van der Waals surface area contributed by atoms with Crippen molar-refractivity contribution in [1.29, 1.82) is 0 Å². The molecule has 12 nitrogen and oxygen atoms in total. The van der Waals surface area contributed by atoms with Gasteiger partial charge in [0, 0.05) is 35.6 Å². The summed E-state index contributed by atoms with van der Waals surface area (Å²) in [4.78, 5) is 36.4. The summed E-state index contributed by atoms with van der Waals surface area (Å²) in [5.74, 6) is -2.28. The molecule has 0 spiro atoms. The number of carbonyl (C=O) groups is 2. The fourth-order valence-corrected chi connectivity index (χ4v) is 4.25. The maximum absolute atomic E-state index is 12.7. The average Bonchev–Trinajstić information content (AvgIpc) is 2.79. The number of nitro benzene ring substituents is 1. The van der Waals surface area contributed by atoms with E-state index in [1.165, 1.54) is 32.4 Å². The SMILES string of the molecule is COC(=O)C1=C(C)NC(C)=C(C(=O)OC)C1c1cc([N+](=O)[O-])ccc1OCCCCNS(C)(=O)=O. The molecule has 1 heterocycles. The Bertz CT molecular complexity index is 1130. The number of hydrogen-bond donors (Lipinski definition) is 2. The summed E-state index contributed by atoms with van der Waals surface area (Å²) in [5.41, 5.74) is 0.955. The molecule has 0 aromatic heterocycles. The number of benzene rings is 1. The lowest BCUT2D eigenvalue weighted by atomic mass is 9.80. The Morgan fingerprint density at radius 1 is 1.09 bits per heavy atom. The highest BCUT2D eigenvalue weighted by Crippen LogP contribution is 2.44. The smallest absolute Gasteiger partial charge is 0.336 e. The fraction of sp³-hybridized carbons (Fsp3) is 0.455. The molecule has 0 saturated heterocycles. The van der Waals surface area contributed by atoms with E-state index in [4.69, 9.17) is 14.2 Å². The van der Waals surface area contributed by atoms with Crippen LogP contribution < -0.4 is 14.8 Å². The summed E-state index contributed by atoms with van der Waals surface area (Å²) in [6.45, 7) is 3.65. The van der Waals surface area contributed by atoms with E-state index in [9.17, 15) is 28.1 Å². The van der Waals surface area contributed by atoms with Gasteiger partial charge < -0.3 is 19.5 Å². The van der Waals surface area contributed by atoms with Crippen LogP contribution in [-0.4, -0.2) is 58.9 Å². The second-order valence-corrected chi connectivity index (χ2v) is 9.65. The van der Waals surface area contributed by atoms with Crippen molar-refractivity contribution in [2.75, 3.05) is 33.6 Å². The summed E-state index contributed by atoms with van der Waals surface area (Å²) >= 11 is 0. The summed E-state index contributed by atoms with van der Waals surface area (Å²) < 4.78 is 40.5. The van der Waals surface area contributed by atoms with Crippen molar-refractivity contribution in [3.05, 3.63) is 56.4 Å². The van der Waals surface area contributed by atoms with E-state index in [0.29, 0.717) is 24.2 Å². The number of methoxy groups -OCH3 is 2. The molecule has 2 rings (SSSR count). The first kappa shape index (κ1) is 27.8. The number of rotatable bonds is 11. The van der Waals surface area contributed by atoms with E-state index < -0.39 is 32.8 Å². The molecule has 0 unspecified atom stereocenters. The molecule has 0 amide bonds. The van der Waals surface area contributed by atoms with Crippen LogP contribution in [0.4, 0.5) is 5.69 Å². The molecule has 1 aliphatic heterocycles. The van der Waals surface area contributed by atoms with Crippen molar-refractivity contribution in [2.24, 2.45) is 0 Å². The first-order valence-electron chi connectivity index (χ1n) is 10.6. The molecule has 0 atom stereocenters. The molecule has 0 bridgehead atoms. The van der Waals surface area contributed by atoms with Crippen molar-refractivity contribution >= 4 is 27.6 Å². The van der Waals surface area contributed by atoms with Crippen LogP contribution in [0.3, 0.4) is 0 Å². The maximum atomic E-state index is 12.7. The molecule has 192 valence electrons. The largest absolute Gasteiger partial charge is 0.493 e. The van der Waals surface area contributed by atoms with E-state index in [1.54, 1.807) is 13.8 Å². The average molecular weight is 512 g/mol. The molecule has 2 N–H and O–H groups in total. The van der Waals surface area contributed by atoms with Crippen molar-refractivity contribution in [2.45, 2.75) is 32.6 Å². The predicted octanol–water partition coefficient (Wildman–Crippen LogP) is 1.88. The highest BCUT2D eigenvalue weighted by atomic mass is 32.2. The third-order valence-electron chi connectivity index (χ3n) is 5.28. The molecule has 1 aromatic rings. The Labute approximate surface area is 203 Å². The van der Waals surface area contributed by atoms with Crippen LogP contribution in [0.2, 0.25) is 0 Å². The summed E-state index contributed by atoms with van der Waals surface area (Å²) in [5, 5.41) is 14.5. The van der Waals surface area contributed by atoms with Crippen LogP contribution in [0.5, 0.6) is 5.75 Å². The minimum absolute atomic E-state index is 0.0844. The van der Waals surface area contributed by atoms with Gasteiger partial charge >= 0.3 is 11.9 Å². The highest BCUT2D eigenvalue weighted by Gasteiger charge is 2.39. The van der Waals surface area contributed by atoms with Gasteiger partial charge in [-0.2, -0.15) is 0 Å². The van der Waals surface area contributed by atoms with Gasteiger partial charge in [-0.1, -0.05) is 0 Å². The fourth-order valence-electron chi connectivity index (χ4n) is 3.74. The molecule has 0 radical (unpaired) electrons. The zero-order valence-electron chi connectivity index (χ0n) is 20.2. The number of unbranched alkanes of at least 4 members (excludes halogenated alkanes) is 1. The maximum Gasteiger partial charge on any atom is 0.336 e. The van der Waals surface area contributed by atoms with E-state index in [0.717, 1.165) is 6.26 Å². The van der Waals surface area contributed by atoms with Crippen LogP contribution in [0, 0.1) is 10.1 Å². The second kappa shape index (κ2) is 11.8. The normalized spacial score (nSPS) is 14.4. The molecule has 13 heteroatoms. The van der Waals surface area contributed by atoms with Crippen LogP contribution in [0.25, 0.3) is 0 Å². The minimum Gasteiger partial charge on any atom is -0.493 e. The van der Waals surface area contributed by atoms with Gasteiger partial charge in [0.05, 0.1) is 49.1 Å². The Balaban J connectivity index is 2.52. The summed E-state index contributed by atoms with van der Waals surface area (Å²) in [7, 11) is -0.915. The van der Waals surface area contributed by atoms with Crippen molar-refractivity contribution < 1.29 is 37.1 Å². The van der Waals surface area contributed by atoms with Gasteiger partial charge in [-0.3, -0.25) is 10.1 Å². The zero-order chi connectivity index (χ0) is 26.3. The van der Waals surface area contributed by atoms with Crippen LogP contribution in [-0.2, 0) is 29.1 Å². The third kappa shape index (κ3) is 7.02. The molecule has 0 aliphatic carbocycles. The molecule has 1 aliphatic rings. The number of hydrogen-bond acceptors (Lipinski definition) is 10. The van der Waals surface area contributed by atoms with E-state index in [-0.39, 0.29) is 41.3 Å². The Morgan fingerprint density at radius 3 is 2.14 bits per heavy atom. The molecular weight excluding hydrogens is 482 g/mol. The number of nitro groups is 1. The lowest BCUT2D eigenvalue weighted by Crippen LogP contribution is -2.32. The van der Waals surface area contributed by atoms with Crippen LogP contribution in [0.1, 0.15) is 38.2 Å². The van der Waals surface area contributed by atoms with E-state index in [2.05, 4.69) is 10.0 Å². The number of nitrogens with one attached hydrogen (secondary N) is 2. The van der Waals surface area contributed by atoms with E-state index in [1.807, 2.05) is 0 Å². The summed E-state index contributed by atoms with van der Waals surface area (Å²) in [6, 6.07) is 3.91. The van der Waals surface area contributed by atoms with Gasteiger partial charge in [-0.25, -0.2) is 22.7 Å². The Morgan fingerprint density at radius 2 is 1.66 bits per heavy atom. The van der Waals surface area contributed by atoms with Crippen LogP contribution >= 0.6 is 0 Å². The standard InChI is InChI=1S/C22H29N3O9S/c1-13-18(21(26)32-3)20(19(14(2)24-13)22(27)33-4)16-12-15(25(28)29)8-9-17(16)34-11-7-6-10-23-35(5,30)31/h8-9,12,20,23-24H,6-7,10-11H2,1-5H3. The Hall–Kier alpha value is -3.45. The number of nitrogens with zero attached hydrogens (tertiary/aromatic N) is 1. The number of ether oxygens (including phenoxy) is 3. The van der Waals surface area contributed by atoms with E-state index >= 15 is 0 Å². The van der Waals surface area contributed by atoms with Gasteiger partial charge in [-0.15, -0.1) is 0 Å². The first-order chi connectivity index (χ1) is 16.4.